The fourth-order valence-electron chi connectivity index (χ4n) is 1.90. The molecule has 0 spiro atoms. The van der Waals surface area contributed by atoms with Gasteiger partial charge in [-0.05, 0) is 29.8 Å². The van der Waals surface area contributed by atoms with Crippen molar-refractivity contribution in [1.29, 1.82) is 0 Å². The summed E-state index contributed by atoms with van der Waals surface area (Å²) in [6, 6.07) is 13.3. The molecule has 0 bridgehead atoms. The lowest BCUT2D eigenvalue weighted by molar-refractivity contribution is -0.131. The maximum absolute atomic E-state index is 11.8. The second-order valence-corrected chi connectivity index (χ2v) is 4.77. The van der Waals surface area contributed by atoms with Crippen LogP contribution in [0, 0.1) is 0 Å². The Morgan fingerprint density at radius 2 is 2.00 bits per heavy atom. The molecule has 2 aromatic carbocycles. The summed E-state index contributed by atoms with van der Waals surface area (Å²) >= 11 is 0. The number of hydrogen-bond donors (Lipinski definition) is 2. The molecular formula is C17H16N2O4. The number of phenols is 1. The summed E-state index contributed by atoms with van der Waals surface area (Å²) in [4.78, 5) is 22.8. The molecular weight excluding hydrogens is 296 g/mol. The highest BCUT2D eigenvalue weighted by Crippen LogP contribution is 2.16. The highest BCUT2D eigenvalue weighted by molar-refractivity contribution is 5.86. The highest BCUT2D eigenvalue weighted by Gasteiger charge is 2.05. The minimum absolute atomic E-state index is 0.0946. The Balaban J connectivity index is 1.96. The van der Waals surface area contributed by atoms with Crippen molar-refractivity contribution in [2.75, 3.05) is 0 Å². The van der Waals surface area contributed by atoms with E-state index < -0.39 is 5.97 Å². The van der Waals surface area contributed by atoms with Crippen molar-refractivity contribution in [3.63, 3.8) is 0 Å². The fraction of sp³-hybridized carbons (Fsp3) is 0.118. The van der Waals surface area contributed by atoms with Gasteiger partial charge in [0.05, 0.1) is 12.6 Å². The molecule has 0 aliphatic rings. The third kappa shape index (κ3) is 5.28. The second-order valence-electron chi connectivity index (χ2n) is 4.77. The lowest BCUT2D eigenvalue weighted by atomic mass is 10.1. The Labute approximate surface area is 133 Å². The zero-order chi connectivity index (χ0) is 16.7. The molecule has 2 rings (SSSR count). The van der Waals surface area contributed by atoms with E-state index in [4.69, 9.17) is 4.74 Å². The number of benzene rings is 2. The number of aromatic hydroxyl groups is 1. The summed E-state index contributed by atoms with van der Waals surface area (Å²) in [5.41, 5.74) is 3.64. The van der Waals surface area contributed by atoms with Crippen molar-refractivity contribution in [3.05, 3.63) is 59.7 Å². The molecule has 118 valence electrons. The van der Waals surface area contributed by atoms with E-state index in [2.05, 4.69) is 10.5 Å². The molecule has 0 aromatic heterocycles. The number of hydrogen-bond acceptors (Lipinski definition) is 5. The van der Waals surface area contributed by atoms with Crippen LogP contribution in [0.3, 0.4) is 0 Å². The Bertz CT molecular complexity index is 741. The van der Waals surface area contributed by atoms with Crippen LogP contribution in [0.2, 0.25) is 0 Å². The second kappa shape index (κ2) is 7.74. The number of nitrogens with zero attached hydrogens (tertiary/aromatic N) is 1. The predicted octanol–water partition coefficient (Wildman–Crippen LogP) is 2.01. The first-order valence-electron chi connectivity index (χ1n) is 6.92. The van der Waals surface area contributed by atoms with Crippen LogP contribution in [-0.2, 0) is 16.0 Å². The van der Waals surface area contributed by atoms with Crippen molar-refractivity contribution in [2.45, 2.75) is 13.3 Å². The van der Waals surface area contributed by atoms with Gasteiger partial charge in [-0.15, -0.1) is 0 Å². The van der Waals surface area contributed by atoms with E-state index in [0.29, 0.717) is 16.9 Å². The number of nitrogens with one attached hydrogen (secondary N) is 1. The van der Waals surface area contributed by atoms with Crippen molar-refractivity contribution in [2.24, 2.45) is 5.10 Å². The Kier molecular flexibility index (Phi) is 5.46. The first-order valence-corrected chi connectivity index (χ1v) is 6.92. The van der Waals surface area contributed by atoms with Crippen molar-refractivity contribution in [1.82, 2.24) is 5.43 Å². The number of rotatable bonds is 5. The maximum atomic E-state index is 11.8. The molecule has 0 saturated heterocycles. The van der Waals surface area contributed by atoms with Gasteiger partial charge in [0.25, 0.3) is 0 Å². The largest absolute Gasteiger partial charge is 0.508 e. The van der Waals surface area contributed by atoms with Crippen molar-refractivity contribution < 1.29 is 19.4 Å². The molecule has 0 unspecified atom stereocenters. The van der Waals surface area contributed by atoms with Crippen LogP contribution in [0.5, 0.6) is 11.5 Å². The maximum Gasteiger partial charge on any atom is 0.308 e. The Morgan fingerprint density at radius 3 is 2.74 bits per heavy atom. The molecule has 0 radical (unpaired) electrons. The van der Waals surface area contributed by atoms with E-state index in [1.54, 1.807) is 36.4 Å². The summed E-state index contributed by atoms with van der Waals surface area (Å²) in [5, 5.41) is 13.2. The molecule has 1 amide bonds. The molecule has 6 nitrogen and oxygen atoms in total. The summed E-state index contributed by atoms with van der Waals surface area (Å²) < 4.78 is 5.04. The number of phenolic OH excluding ortho intramolecular Hbond substituents is 1. The van der Waals surface area contributed by atoms with Gasteiger partial charge >= 0.3 is 5.97 Å². The molecule has 0 aliphatic carbocycles. The van der Waals surface area contributed by atoms with Crippen molar-refractivity contribution >= 4 is 18.1 Å². The van der Waals surface area contributed by atoms with Crippen LogP contribution in [-0.4, -0.2) is 23.2 Å². The zero-order valence-corrected chi connectivity index (χ0v) is 12.5. The molecule has 0 atom stereocenters. The fourth-order valence-corrected chi connectivity index (χ4v) is 1.90. The molecule has 2 aromatic rings. The van der Waals surface area contributed by atoms with E-state index in [1.807, 2.05) is 0 Å². The van der Waals surface area contributed by atoms with Gasteiger partial charge in [0.2, 0.25) is 5.91 Å². The van der Waals surface area contributed by atoms with E-state index in [1.165, 1.54) is 25.3 Å². The van der Waals surface area contributed by atoms with E-state index in [9.17, 15) is 14.7 Å². The standard InChI is InChI=1S/C17H16N2O4/c1-12(20)23-16-8-3-2-6-14(16)11-18-19-17(22)10-13-5-4-7-15(21)9-13/h2-9,11,21H,10H2,1H3,(H,19,22)/b18-11+. The SMILES string of the molecule is CC(=O)Oc1ccccc1/C=N/NC(=O)Cc1cccc(O)c1. The van der Waals surface area contributed by atoms with Crippen LogP contribution in [0.4, 0.5) is 0 Å². The smallest absolute Gasteiger partial charge is 0.308 e. The quantitative estimate of drug-likeness (QED) is 0.382. The molecule has 0 fully saturated rings. The number of esters is 1. The monoisotopic (exact) mass is 312 g/mol. The van der Waals surface area contributed by atoms with Gasteiger partial charge in [-0.2, -0.15) is 5.10 Å². The Morgan fingerprint density at radius 1 is 1.22 bits per heavy atom. The minimum Gasteiger partial charge on any atom is -0.508 e. The van der Waals surface area contributed by atoms with E-state index in [0.717, 1.165) is 0 Å². The number of carbonyl (C=O) groups is 2. The molecule has 2 N–H and O–H groups in total. The summed E-state index contributed by atoms with van der Waals surface area (Å²) in [7, 11) is 0. The normalized spacial score (nSPS) is 10.5. The highest BCUT2D eigenvalue weighted by atomic mass is 16.5. The van der Waals surface area contributed by atoms with E-state index >= 15 is 0 Å². The van der Waals surface area contributed by atoms with Crippen LogP contribution >= 0.6 is 0 Å². The number of amides is 1. The van der Waals surface area contributed by atoms with Crippen LogP contribution in [0.15, 0.2) is 53.6 Å². The predicted molar refractivity (Wildman–Crippen MR) is 85.3 cm³/mol. The topological polar surface area (TPSA) is 88.0 Å². The summed E-state index contributed by atoms with van der Waals surface area (Å²) in [5.74, 6) is -0.282. The number of para-hydroxylation sites is 1. The van der Waals surface area contributed by atoms with Gasteiger partial charge in [-0.25, -0.2) is 5.43 Å². The molecule has 6 heteroatoms. The van der Waals surface area contributed by atoms with Gasteiger partial charge in [0.15, 0.2) is 0 Å². The van der Waals surface area contributed by atoms with Crippen LogP contribution in [0.25, 0.3) is 0 Å². The minimum atomic E-state index is -0.432. The average molecular weight is 312 g/mol. The third-order valence-corrected chi connectivity index (χ3v) is 2.84. The van der Waals surface area contributed by atoms with Crippen LogP contribution < -0.4 is 10.2 Å². The van der Waals surface area contributed by atoms with Crippen LogP contribution in [0.1, 0.15) is 18.1 Å². The third-order valence-electron chi connectivity index (χ3n) is 2.84. The van der Waals surface area contributed by atoms with Gasteiger partial charge in [0, 0.05) is 12.5 Å². The summed E-state index contributed by atoms with van der Waals surface area (Å²) in [6.07, 6.45) is 1.50. The number of ether oxygens (including phenoxy) is 1. The molecule has 23 heavy (non-hydrogen) atoms. The van der Waals surface area contributed by atoms with Gasteiger partial charge in [0.1, 0.15) is 11.5 Å². The molecule has 0 saturated carbocycles. The molecule has 0 heterocycles. The Hall–Kier alpha value is -3.15. The van der Waals surface area contributed by atoms with Gasteiger partial charge < -0.3 is 9.84 Å². The van der Waals surface area contributed by atoms with Gasteiger partial charge in [-0.3, -0.25) is 9.59 Å². The van der Waals surface area contributed by atoms with Crippen molar-refractivity contribution in [3.8, 4) is 11.5 Å². The molecule has 0 aliphatic heterocycles. The number of hydrazone groups is 1. The van der Waals surface area contributed by atoms with Gasteiger partial charge in [-0.1, -0.05) is 24.3 Å². The lowest BCUT2D eigenvalue weighted by Crippen LogP contribution is -2.19. The number of carbonyl (C=O) groups excluding carboxylic acids is 2. The first kappa shape index (κ1) is 16.2. The first-order chi connectivity index (χ1) is 11.0. The lowest BCUT2D eigenvalue weighted by Gasteiger charge is -2.04. The zero-order valence-electron chi connectivity index (χ0n) is 12.5. The average Bonchev–Trinajstić information content (AvgIpc) is 2.48. The summed E-state index contributed by atoms with van der Waals surface area (Å²) in [6.45, 7) is 1.31. The van der Waals surface area contributed by atoms with E-state index in [-0.39, 0.29) is 18.1 Å².